The van der Waals surface area contributed by atoms with Gasteiger partial charge < -0.3 is 16.2 Å². The van der Waals surface area contributed by atoms with Crippen LogP contribution in [0.15, 0.2) is 36.4 Å². The van der Waals surface area contributed by atoms with Gasteiger partial charge in [0.05, 0.1) is 11.7 Å². The highest BCUT2D eigenvalue weighted by molar-refractivity contribution is 5.93. The molecular weight excluding hydrogens is 278 g/mol. The van der Waals surface area contributed by atoms with Crippen LogP contribution in [0.1, 0.15) is 28.9 Å². The maximum atomic E-state index is 13.7. The van der Waals surface area contributed by atoms with Crippen LogP contribution in [0.25, 0.3) is 0 Å². The number of phenols is 1. The molecule has 6 heteroatoms. The maximum Gasteiger partial charge on any atom is 0.248 e. The van der Waals surface area contributed by atoms with Gasteiger partial charge in [-0.15, -0.1) is 0 Å². The minimum Gasteiger partial charge on any atom is -0.508 e. The molecule has 0 aromatic heterocycles. The standard InChI is InChI=1S/C15H14F2N2O2/c1-8(11-4-3-10(20)7-13(11)17)19-14-6-9(15(18)21)2-5-12(14)16/h2-8,19-20H,1H3,(H2,18,21). The molecule has 0 bridgehead atoms. The van der Waals surface area contributed by atoms with E-state index in [4.69, 9.17) is 5.73 Å². The minimum absolute atomic E-state index is 0.0475. The topological polar surface area (TPSA) is 75.3 Å². The number of carbonyl (C=O) groups excluding carboxylic acids is 1. The van der Waals surface area contributed by atoms with E-state index in [-0.39, 0.29) is 22.6 Å². The molecule has 1 atom stereocenters. The van der Waals surface area contributed by atoms with Crippen LogP contribution in [-0.4, -0.2) is 11.0 Å². The summed E-state index contributed by atoms with van der Waals surface area (Å²) in [5.41, 5.74) is 5.60. The number of amides is 1. The molecular formula is C15H14F2N2O2. The molecule has 4 nitrogen and oxygen atoms in total. The van der Waals surface area contributed by atoms with Crippen LogP contribution >= 0.6 is 0 Å². The predicted octanol–water partition coefficient (Wildman–Crippen LogP) is 2.94. The SMILES string of the molecule is CC(Nc1cc(C(N)=O)ccc1F)c1ccc(O)cc1F. The zero-order chi connectivity index (χ0) is 15.6. The molecule has 2 rings (SSSR count). The summed E-state index contributed by atoms with van der Waals surface area (Å²) >= 11 is 0. The second-order valence-electron chi connectivity index (χ2n) is 4.63. The minimum atomic E-state index is -0.679. The number of hydrogen-bond acceptors (Lipinski definition) is 3. The third-order valence-electron chi connectivity index (χ3n) is 3.07. The van der Waals surface area contributed by atoms with E-state index < -0.39 is 23.6 Å². The molecule has 110 valence electrons. The van der Waals surface area contributed by atoms with Crippen molar-refractivity contribution in [2.45, 2.75) is 13.0 Å². The number of benzene rings is 2. The van der Waals surface area contributed by atoms with Crippen LogP contribution in [0.3, 0.4) is 0 Å². The van der Waals surface area contributed by atoms with Crippen LogP contribution < -0.4 is 11.1 Å². The molecule has 21 heavy (non-hydrogen) atoms. The van der Waals surface area contributed by atoms with Gasteiger partial charge in [-0.25, -0.2) is 8.78 Å². The van der Waals surface area contributed by atoms with Crippen LogP contribution in [0, 0.1) is 11.6 Å². The predicted molar refractivity (Wildman–Crippen MR) is 75.0 cm³/mol. The molecule has 0 aliphatic rings. The second-order valence-corrected chi connectivity index (χ2v) is 4.63. The van der Waals surface area contributed by atoms with Gasteiger partial charge in [-0.2, -0.15) is 0 Å². The average Bonchev–Trinajstić information content (AvgIpc) is 2.40. The number of aromatic hydroxyl groups is 1. The smallest absolute Gasteiger partial charge is 0.248 e. The molecule has 0 fully saturated rings. The van der Waals surface area contributed by atoms with E-state index in [1.807, 2.05) is 0 Å². The molecule has 0 spiro atoms. The van der Waals surface area contributed by atoms with Crippen molar-refractivity contribution in [3.63, 3.8) is 0 Å². The zero-order valence-corrected chi connectivity index (χ0v) is 11.2. The van der Waals surface area contributed by atoms with Gasteiger partial charge in [0.2, 0.25) is 5.91 Å². The van der Waals surface area contributed by atoms with Crippen molar-refractivity contribution in [3.8, 4) is 5.75 Å². The average molecular weight is 292 g/mol. The molecule has 0 saturated carbocycles. The fraction of sp³-hybridized carbons (Fsp3) is 0.133. The first-order valence-electron chi connectivity index (χ1n) is 6.23. The van der Waals surface area contributed by atoms with Gasteiger partial charge in [0.15, 0.2) is 0 Å². The van der Waals surface area contributed by atoms with Crippen LogP contribution in [-0.2, 0) is 0 Å². The first-order valence-corrected chi connectivity index (χ1v) is 6.23. The summed E-state index contributed by atoms with van der Waals surface area (Å²) in [6, 6.07) is 6.81. The monoisotopic (exact) mass is 292 g/mol. The highest BCUT2D eigenvalue weighted by atomic mass is 19.1. The van der Waals surface area contributed by atoms with E-state index in [1.54, 1.807) is 6.92 Å². The summed E-state index contributed by atoms with van der Waals surface area (Å²) in [4.78, 5) is 11.1. The lowest BCUT2D eigenvalue weighted by molar-refractivity contribution is 0.100. The number of halogens is 2. The molecule has 0 heterocycles. The molecule has 0 saturated heterocycles. The molecule has 0 aliphatic heterocycles. The Labute approximate surface area is 120 Å². The molecule has 4 N–H and O–H groups in total. The van der Waals surface area contributed by atoms with Crippen molar-refractivity contribution in [1.82, 2.24) is 0 Å². The Morgan fingerprint density at radius 3 is 2.52 bits per heavy atom. The molecule has 2 aromatic rings. The fourth-order valence-electron chi connectivity index (χ4n) is 1.97. The third kappa shape index (κ3) is 3.28. The Hall–Kier alpha value is -2.63. The first kappa shape index (κ1) is 14.8. The van der Waals surface area contributed by atoms with Gasteiger partial charge in [0.25, 0.3) is 0 Å². The van der Waals surface area contributed by atoms with Crippen LogP contribution in [0.5, 0.6) is 5.75 Å². The van der Waals surface area contributed by atoms with Gasteiger partial charge in [-0.3, -0.25) is 4.79 Å². The lowest BCUT2D eigenvalue weighted by Crippen LogP contribution is -2.13. The summed E-state index contributed by atoms with van der Waals surface area (Å²) in [6.45, 7) is 1.63. The van der Waals surface area contributed by atoms with Gasteiger partial charge in [-0.05, 0) is 31.2 Å². The number of primary amides is 1. The highest BCUT2D eigenvalue weighted by Gasteiger charge is 2.14. The second kappa shape index (κ2) is 5.78. The van der Waals surface area contributed by atoms with E-state index in [0.717, 1.165) is 12.1 Å². The van der Waals surface area contributed by atoms with Gasteiger partial charge in [-0.1, -0.05) is 6.07 Å². The van der Waals surface area contributed by atoms with E-state index in [1.165, 1.54) is 24.3 Å². The van der Waals surface area contributed by atoms with E-state index in [0.29, 0.717) is 0 Å². The Balaban J connectivity index is 2.28. The van der Waals surface area contributed by atoms with E-state index in [9.17, 15) is 18.7 Å². The quantitative estimate of drug-likeness (QED) is 0.811. The van der Waals surface area contributed by atoms with Crippen molar-refractivity contribution < 1.29 is 18.7 Å². The molecule has 1 unspecified atom stereocenters. The number of carbonyl (C=O) groups is 1. The van der Waals surface area contributed by atoms with Crippen molar-refractivity contribution in [2.75, 3.05) is 5.32 Å². The largest absolute Gasteiger partial charge is 0.508 e. The van der Waals surface area contributed by atoms with E-state index >= 15 is 0 Å². The number of phenolic OH excluding ortho intramolecular Hbond substituents is 1. The fourth-order valence-corrected chi connectivity index (χ4v) is 1.97. The van der Waals surface area contributed by atoms with Crippen LogP contribution in [0.2, 0.25) is 0 Å². The summed E-state index contributed by atoms with van der Waals surface area (Å²) in [5.74, 6) is -2.06. The maximum absolute atomic E-state index is 13.7. The lowest BCUT2D eigenvalue weighted by atomic mass is 10.1. The van der Waals surface area contributed by atoms with E-state index in [2.05, 4.69) is 5.32 Å². The Morgan fingerprint density at radius 1 is 1.19 bits per heavy atom. The lowest BCUT2D eigenvalue weighted by Gasteiger charge is -2.17. The Bertz CT molecular complexity index is 689. The first-order chi connectivity index (χ1) is 9.88. The van der Waals surface area contributed by atoms with Crippen LogP contribution in [0.4, 0.5) is 14.5 Å². The molecule has 1 amide bonds. The Kier molecular flexibility index (Phi) is 4.07. The molecule has 2 aromatic carbocycles. The molecule has 0 aliphatic carbocycles. The van der Waals surface area contributed by atoms with Gasteiger partial charge in [0.1, 0.15) is 17.4 Å². The summed E-state index contributed by atoms with van der Waals surface area (Å²) in [6.07, 6.45) is 0. The van der Waals surface area contributed by atoms with Crippen molar-refractivity contribution in [2.24, 2.45) is 5.73 Å². The number of nitrogens with one attached hydrogen (secondary N) is 1. The summed E-state index contributed by atoms with van der Waals surface area (Å²) in [7, 11) is 0. The van der Waals surface area contributed by atoms with Gasteiger partial charge in [0, 0.05) is 17.2 Å². The number of nitrogens with two attached hydrogens (primary N) is 1. The van der Waals surface area contributed by atoms with Crippen molar-refractivity contribution in [3.05, 3.63) is 59.2 Å². The molecule has 0 radical (unpaired) electrons. The third-order valence-corrected chi connectivity index (χ3v) is 3.07. The normalized spacial score (nSPS) is 12.0. The van der Waals surface area contributed by atoms with Crippen molar-refractivity contribution in [1.29, 1.82) is 0 Å². The number of rotatable bonds is 4. The Morgan fingerprint density at radius 2 is 1.90 bits per heavy atom. The summed E-state index contributed by atoms with van der Waals surface area (Å²) in [5, 5.41) is 12.0. The summed E-state index contributed by atoms with van der Waals surface area (Å²) < 4.78 is 27.5. The zero-order valence-electron chi connectivity index (χ0n) is 11.2. The highest BCUT2D eigenvalue weighted by Crippen LogP contribution is 2.26. The number of hydrogen-bond donors (Lipinski definition) is 3. The van der Waals surface area contributed by atoms with Gasteiger partial charge >= 0.3 is 0 Å². The van der Waals surface area contributed by atoms with Crippen molar-refractivity contribution >= 4 is 11.6 Å². The number of anilines is 1.